The zero-order valence-corrected chi connectivity index (χ0v) is 9.63. The molecule has 1 heteroatoms. The van der Waals surface area contributed by atoms with E-state index in [4.69, 9.17) is 0 Å². The van der Waals surface area contributed by atoms with Crippen LogP contribution in [0.5, 0.6) is 0 Å². The molecule has 0 aromatic heterocycles. The van der Waals surface area contributed by atoms with E-state index in [1.165, 1.54) is 30.4 Å². The molecule has 1 rings (SSSR count). The molecule has 0 heterocycles. The zero-order chi connectivity index (χ0) is 10.9. The number of unbranched alkanes of at least 4 members (excludes halogenated alkanes) is 2. The Balaban J connectivity index is 2.20. The van der Waals surface area contributed by atoms with Crippen molar-refractivity contribution in [3.63, 3.8) is 0 Å². The van der Waals surface area contributed by atoms with E-state index in [0.717, 1.165) is 13.1 Å². The van der Waals surface area contributed by atoms with Crippen LogP contribution in [0.3, 0.4) is 0 Å². The number of hydrogen-bond acceptors (Lipinski definition) is 1. The molecule has 0 amide bonds. The third-order valence-electron chi connectivity index (χ3n) is 2.48. The topological polar surface area (TPSA) is 12.0 Å². The Labute approximate surface area is 93.2 Å². The van der Waals surface area contributed by atoms with E-state index in [1.807, 2.05) is 6.07 Å². The van der Waals surface area contributed by atoms with Gasteiger partial charge in [-0.1, -0.05) is 56.7 Å². The molecule has 15 heavy (non-hydrogen) atoms. The van der Waals surface area contributed by atoms with Crippen molar-refractivity contribution in [2.45, 2.75) is 26.2 Å². The van der Waals surface area contributed by atoms with E-state index in [9.17, 15) is 0 Å². The molecule has 0 saturated heterocycles. The molecule has 82 valence electrons. The van der Waals surface area contributed by atoms with Crippen molar-refractivity contribution in [2.75, 3.05) is 13.1 Å². The molecular formula is C14H21N. The van der Waals surface area contributed by atoms with Gasteiger partial charge in [0, 0.05) is 6.54 Å². The summed E-state index contributed by atoms with van der Waals surface area (Å²) in [6.45, 7) is 8.30. The minimum absolute atomic E-state index is 0.897. The maximum absolute atomic E-state index is 4.08. The monoisotopic (exact) mass is 203 g/mol. The van der Waals surface area contributed by atoms with Crippen molar-refractivity contribution < 1.29 is 0 Å². The van der Waals surface area contributed by atoms with Gasteiger partial charge in [-0.2, -0.15) is 0 Å². The second-order valence-electron chi connectivity index (χ2n) is 3.85. The maximum Gasteiger partial charge on any atom is 0.0205 e. The molecular weight excluding hydrogens is 182 g/mol. The molecule has 1 N–H and O–H groups in total. The van der Waals surface area contributed by atoms with Crippen LogP contribution in [0.25, 0.3) is 5.57 Å². The van der Waals surface area contributed by atoms with E-state index < -0.39 is 0 Å². The van der Waals surface area contributed by atoms with E-state index in [2.05, 4.69) is 43.1 Å². The van der Waals surface area contributed by atoms with Gasteiger partial charge in [-0.25, -0.2) is 0 Å². The van der Waals surface area contributed by atoms with Gasteiger partial charge in [0.15, 0.2) is 0 Å². The summed E-state index contributed by atoms with van der Waals surface area (Å²) in [7, 11) is 0. The highest BCUT2D eigenvalue weighted by atomic mass is 14.8. The third kappa shape index (κ3) is 4.80. The molecule has 1 aromatic rings. The lowest BCUT2D eigenvalue weighted by atomic mass is 10.1. The molecule has 0 aliphatic carbocycles. The Morgan fingerprint density at radius 1 is 1.20 bits per heavy atom. The fraction of sp³-hybridized carbons (Fsp3) is 0.429. The summed E-state index contributed by atoms with van der Waals surface area (Å²) in [5, 5.41) is 3.42. The van der Waals surface area contributed by atoms with Gasteiger partial charge < -0.3 is 5.32 Å². The van der Waals surface area contributed by atoms with Gasteiger partial charge in [-0.05, 0) is 24.1 Å². The van der Waals surface area contributed by atoms with Crippen molar-refractivity contribution in [2.24, 2.45) is 0 Å². The van der Waals surface area contributed by atoms with Crippen LogP contribution in [0.2, 0.25) is 0 Å². The second-order valence-corrected chi connectivity index (χ2v) is 3.85. The molecule has 0 aliphatic rings. The Kier molecular flexibility index (Phi) is 5.79. The normalized spacial score (nSPS) is 10.2. The lowest BCUT2D eigenvalue weighted by molar-refractivity contribution is 0.650. The quantitative estimate of drug-likeness (QED) is 0.669. The molecule has 0 unspecified atom stereocenters. The summed E-state index contributed by atoms with van der Waals surface area (Å²) in [6, 6.07) is 10.4. The van der Waals surface area contributed by atoms with Crippen molar-refractivity contribution in [3.8, 4) is 0 Å². The number of nitrogens with one attached hydrogen (secondary N) is 1. The van der Waals surface area contributed by atoms with Gasteiger partial charge in [0.05, 0.1) is 0 Å². The lowest BCUT2D eigenvalue weighted by Crippen LogP contribution is -2.17. The standard InChI is InChI=1S/C14H21N/c1-3-4-8-11-15-12-13(2)14-9-6-5-7-10-14/h5-7,9-10,15H,2-4,8,11-12H2,1H3. The Morgan fingerprint density at radius 3 is 2.60 bits per heavy atom. The summed E-state index contributed by atoms with van der Waals surface area (Å²) in [6.07, 6.45) is 3.85. The largest absolute Gasteiger partial charge is 0.313 e. The van der Waals surface area contributed by atoms with Crippen LogP contribution >= 0.6 is 0 Å². The smallest absolute Gasteiger partial charge is 0.0205 e. The summed E-state index contributed by atoms with van der Waals surface area (Å²) in [4.78, 5) is 0. The van der Waals surface area contributed by atoms with Gasteiger partial charge in [0.1, 0.15) is 0 Å². The first-order valence-electron chi connectivity index (χ1n) is 5.78. The molecule has 1 aromatic carbocycles. The van der Waals surface area contributed by atoms with Crippen molar-refractivity contribution in [1.29, 1.82) is 0 Å². The third-order valence-corrected chi connectivity index (χ3v) is 2.48. The number of rotatable bonds is 7. The van der Waals surface area contributed by atoms with Crippen molar-refractivity contribution in [3.05, 3.63) is 42.5 Å². The second kappa shape index (κ2) is 7.24. The summed E-state index contributed by atoms with van der Waals surface area (Å²) in [5.41, 5.74) is 2.41. The first-order chi connectivity index (χ1) is 7.34. The van der Waals surface area contributed by atoms with Crippen LogP contribution < -0.4 is 5.32 Å². The van der Waals surface area contributed by atoms with Crippen molar-refractivity contribution in [1.82, 2.24) is 5.32 Å². The first kappa shape index (κ1) is 12.0. The van der Waals surface area contributed by atoms with E-state index in [0.29, 0.717) is 0 Å². The van der Waals surface area contributed by atoms with Crippen LogP contribution in [0.4, 0.5) is 0 Å². The molecule has 0 atom stereocenters. The average molecular weight is 203 g/mol. The van der Waals surface area contributed by atoms with Gasteiger partial charge in [-0.3, -0.25) is 0 Å². The fourth-order valence-electron chi connectivity index (χ4n) is 1.52. The molecule has 0 aliphatic heterocycles. The predicted octanol–water partition coefficient (Wildman–Crippen LogP) is 3.48. The molecule has 0 bridgehead atoms. The highest BCUT2D eigenvalue weighted by Gasteiger charge is 1.96. The average Bonchev–Trinajstić information content (AvgIpc) is 2.30. The van der Waals surface area contributed by atoms with Crippen LogP contribution in [0, 0.1) is 0 Å². The predicted molar refractivity (Wildman–Crippen MR) is 67.9 cm³/mol. The Morgan fingerprint density at radius 2 is 1.93 bits per heavy atom. The van der Waals surface area contributed by atoms with Gasteiger partial charge in [0.2, 0.25) is 0 Å². The van der Waals surface area contributed by atoms with Crippen LogP contribution in [-0.4, -0.2) is 13.1 Å². The number of hydrogen-bond donors (Lipinski definition) is 1. The SMILES string of the molecule is C=C(CNCCCCC)c1ccccc1. The molecule has 0 fully saturated rings. The Hall–Kier alpha value is -1.08. The van der Waals surface area contributed by atoms with Gasteiger partial charge in [0.25, 0.3) is 0 Å². The highest BCUT2D eigenvalue weighted by Crippen LogP contribution is 2.09. The van der Waals surface area contributed by atoms with E-state index in [1.54, 1.807) is 0 Å². The Bertz CT molecular complexity index is 277. The first-order valence-corrected chi connectivity index (χ1v) is 5.78. The maximum atomic E-state index is 4.08. The van der Waals surface area contributed by atoms with Crippen molar-refractivity contribution >= 4 is 5.57 Å². The fourth-order valence-corrected chi connectivity index (χ4v) is 1.52. The summed E-state index contributed by atoms with van der Waals surface area (Å²) in [5.74, 6) is 0. The summed E-state index contributed by atoms with van der Waals surface area (Å²) >= 11 is 0. The minimum atomic E-state index is 0.897. The van der Waals surface area contributed by atoms with Gasteiger partial charge in [-0.15, -0.1) is 0 Å². The van der Waals surface area contributed by atoms with Gasteiger partial charge >= 0.3 is 0 Å². The molecule has 1 nitrogen and oxygen atoms in total. The van der Waals surface area contributed by atoms with E-state index >= 15 is 0 Å². The minimum Gasteiger partial charge on any atom is -0.313 e. The molecule has 0 radical (unpaired) electrons. The lowest BCUT2D eigenvalue weighted by Gasteiger charge is -2.07. The number of benzene rings is 1. The van der Waals surface area contributed by atoms with Crippen LogP contribution in [0.15, 0.2) is 36.9 Å². The zero-order valence-electron chi connectivity index (χ0n) is 9.63. The molecule has 0 spiro atoms. The van der Waals surface area contributed by atoms with Crippen LogP contribution in [-0.2, 0) is 0 Å². The summed E-state index contributed by atoms with van der Waals surface area (Å²) < 4.78 is 0. The van der Waals surface area contributed by atoms with Crippen LogP contribution in [0.1, 0.15) is 31.7 Å². The highest BCUT2D eigenvalue weighted by molar-refractivity contribution is 5.64. The molecule has 0 saturated carbocycles. The van der Waals surface area contributed by atoms with E-state index in [-0.39, 0.29) is 0 Å².